The molecule has 0 bridgehead atoms. The number of carbonyl (C=O) groups excluding carboxylic acids is 2. The Balaban J connectivity index is 2.04. The number of imide groups is 1. The number of nitrogens with zero attached hydrogens (tertiary/aromatic N) is 2. The van der Waals surface area contributed by atoms with Gasteiger partial charge in [-0.15, -0.1) is 0 Å². The van der Waals surface area contributed by atoms with Crippen molar-refractivity contribution in [3.8, 4) is 11.3 Å². The molecule has 2 aromatic rings. The van der Waals surface area contributed by atoms with Crippen LogP contribution < -0.4 is 5.84 Å². The van der Waals surface area contributed by atoms with Gasteiger partial charge in [0, 0.05) is 31.9 Å². The van der Waals surface area contributed by atoms with Crippen LogP contribution in [-0.4, -0.2) is 35.5 Å². The molecule has 0 fully saturated rings. The minimum Gasteiger partial charge on any atom is -0.385 e. The van der Waals surface area contributed by atoms with Crippen LogP contribution in [0.5, 0.6) is 0 Å². The van der Waals surface area contributed by atoms with Crippen molar-refractivity contribution >= 4 is 11.8 Å². The molecular formula is C17H19N3O3. The van der Waals surface area contributed by atoms with Gasteiger partial charge in [-0.05, 0) is 18.6 Å². The Kier molecular flexibility index (Phi) is 5.96. The number of pyridine rings is 1. The van der Waals surface area contributed by atoms with E-state index < -0.39 is 11.8 Å². The van der Waals surface area contributed by atoms with Crippen LogP contribution in [0.25, 0.3) is 11.3 Å². The quantitative estimate of drug-likeness (QED) is 0.382. The van der Waals surface area contributed by atoms with Gasteiger partial charge < -0.3 is 4.74 Å². The zero-order chi connectivity index (χ0) is 16.7. The highest BCUT2D eigenvalue weighted by Crippen LogP contribution is 2.16. The van der Waals surface area contributed by atoms with Crippen LogP contribution in [0.4, 0.5) is 0 Å². The van der Waals surface area contributed by atoms with Gasteiger partial charge in [-0.2, -0.15) is 0 Å². The SMILES string of the molecule is COCCCC(=O)N(N)C(=O)c1ccc(-c2ccccc2)nc1. The Bertz CT molecular complexity index is 657. The predicted octanol–water partition coefficient (Wildman–Crippen LogP) is 2.02. The van der Waals surface area contributed by atoms with E-state index in [-0.39, 0.29) is 12.0 Å². The van der Waals surface area contributed by atoms with Crippen LogP contribution in [0, 0.1) is 0 Å². The van der Waals surface area contributed by atoms with Crippen molar-refractivity contribution in [2.24, 2.45) is 5.84 Å². The summed E-state index contributed by atoms with van der Waals surface area (Å²) < 4.78 is 4.87. The predicted molar refractivity (Wildman–Crippen MR) is 86.1 cm³/mol. The van der Waals surface area contributed by atoms with Gasteiger partial charge in [0.15, 0.2) is 0 Å². The lowest BCUT2D eigenvalue weighted by Gasteiger charge is -2.14. The molecule has 0 aliphatic carbocycles. The molecule has 6 nitrogen and oxygen atoms in total. The summed E-state index contributed by atoms with van der Waals surface area (Å²) in [7, 11) is 1.55. The summed E-state index contributed by atoms with van der Waals surface area (Å²) >= 11 is 0. The van der Waals surface area contributed by atoms with Crippen molar-refractivity contribution in [3.05, 3.63) is 54.2 Å². The molecule has 0 saturated carbocycles. The highest BCUT2D eigenvalue weighted by molar-refractivity contribution is 6.04. The van der Waals surface area contributed by atoms with E-state index in [4.69, 9.17) is 10.6 Å². The van der Waals surface area contributed by atoms with Crippen molar-refractivity contribution in [1.82, 2.24) is 9.99 Å². The van der Waals surface area contributed by atoms with E-state index in [0.29, 0.717) is 18.0 Å². The maximum absolute atomic E-state index is 12.2. The largest absolute Gasteiger partial charge is 0.385 e. The Morgan fingerprint density at radius 3 is 2.52 bits per heavy atom. The zero-order valence-corrected chi connectivity index (χ0v) is 12.9. The Morgan fingerprint density at radius 1 is 1.17 bits per heavy atom. The molecule has 1 aromatic carbocycles. The van der Waals surface area contributed by atoms with Crippen LogP contribution in [-0.2, 0) is 9.53 Å². The molecule has 2 amide bonds. The van der Waals surface area contributed by atoms with Crippen molar-refractivity contribution in [2.45, 2.75) is 12.8 Å². The van der Waals surface area contributed by atoms with Crippen molar-refractivity contribution in [2.75, 3.05) is 13.7 Å². The number of amides is 2. The third-order valence-corrected chi connectivity index (χ3v) is 3.31. The fourth-order valence-corrected chi connectivity index (χ4v) is 2.04. The molecule has 0 aliphatic rings. The highest BCUT2D eigenvalue weighted by atomic mass is 16.5. The van der Waals surface area contributed by atoms with Gasteiger partial charge in [-0.1, -0.05) is 30.3 Å². The van der Waals surface area contributed by atoms with E-state index in [1.807, 2.05) is 30.3 Å². The number of aromatic nitrogens is 1. The molecule has 0 radical (unpaired) electrons. The first-order valence-electron chi connectivity index (χ1n) is 7.26. The van der Waals surface area contributed by atoms with Gasteiger partial charge in [0.1, 0.15) is 0 Å². The third-order valence-electron chi connectivity index (χ3n) is 3.31. The van der Waals surface area contributed by atoms with Crippen LogP contribution in [0.15, 0.2) is 48.7 Å². The van der Waals surface area contributed by atoms with Gasteiger partial charge in [0.25, 0.3) is 5.91 Å². The van der Waals surface area contributed by atoms with E-state index in [9.17, 15) is 9.59 Å². The van der Waals surface area contributed by atoms with Crippen LogP contribution in [0.3, 0.4) is 0 Å². The molecule has 0 aliphatic heterocycles. The first-order chi connectivity index (χ1) is 11.1. The first-order valence-corrected chi connectivity index (χ1v) is 7.26. The molecule has 0 unspecified atom stereocenters. The number of hydrogen-bond donors (Lipinski definition) is 1. The molecular weight excluding hydrogens is 294 g/mol. The van der Waals surface area contributed by atoms with Crippen molar-refractivity contribution in [1.29, 1.82) is 0 Å². The Hall–Kier alpha value is -2.57. The van der Waals surface area contributed by atoms with Crippen LogP contribution in [0.2, 0.25) is 0 Å². The number of ether oxygens (including phenoxy) is 1. The monoisotopic (exact) mass is 313 g/mol. The van der Waals surface area contributed by atoms with Crippen LogP contribution in [0.1, 0.15) is 23.2 Å². The average molecular weight is 313 g/mol. The molecule has 2 rings (SSSR count). The first kappa shape index (κ1) is 16.8. The van der Waals surface area contributed by atoms with Gasteiger partial charge in [-0.3, -0.25) is 14.6 Å². The lowest BCUT2D eigenvalue weighted by atomic mass is 10.1. The fraction of sp³-hybridized carbons (Fsp3) is 0.235. The standard InChI is InChI=1S/C17H19N3O3/c1-23-11-5-8-16(21)20(18)17(22)14-9-10-15(19-12-14)13-6-3-2-4-7-13/h2-4,6-7,9-10,12H,5,8,11,18H2,1H3. The van der Waals surface area contributed by atoms with Gasteiger partial charge >= 0.3 is 0 Å². The third kappa shape index (κ3) is 4.45. The number of hydrazine groups is 1. The molecule has 6 heteroatoms. The topological polar surface area (TPSA) is 85.5 Å². The summed E-state index contributed by atoms with van der Waals surface area (Å²) in [5.41, 5.74) is 1.97. The minimum atomic E-state index is -0.570. The second-order valence-corrected chi connectivity index (χ2v) is 4.96. The molecule has 0 saturated heterocycles. The minimum absolute atomic E-state index is 0.158. The summed E-state index contributed by atoms with van der Waals surface area (Å²) in [6, 6.07) is 12.9. The van der Waals surface area contributed by atoms with E-state index in [1.54, 1.807) is 19.2 Å². The maximum atomic E-state index is 12.2. The molecule has 1 aromatic heterocycles. The van der Waals surface area contributed by atoms with E-state index in [0.717, 1.165) is 11.3 Å². The molecule has 23 heavy (non-hydrogen) atoms. The lowest BCUT2D eigenvalue weighted by molar-refractivity contribution is -0.129. The fourth-order valence-electron chi connectivity index (χ4n) is 2.04. The Morgan fingerprint density at radius 2 is 1.91 bits per heavy atom. The van der Waals surface area contributed by atoms with E-state index in [2.05, 4.69) is 4.98 Å². The number of hydrogen-bond acceptors (Lipinski definition) is 5. The van der Waals surface area contributed by atoms with E-state index in [1.165, 1.54) is 6.20 Å². The summed E-state index contributed by atoms with van der Waals surface area (Å²) in [6.45, 7) is 0.446. The molecule has 2 N–H and O–H groups in total. The Labute approximate surface area is 134 Å². The maximum Gasteiger partial charge on any atom is 0.276 e. The van der Waals surface area contributed by atoms with Gasteiger partial charge in [0.05, 0.1) is 11.3 Å². The normalized spacial score (nSPS) is 10.3. The smallest absolute Gasteiger partial charge is 0.276 e. The lowest BCUT2D eigenvalue weighted by Crippen LogP contribution is -2.42. The molecule has 1 heterocycles. The number of rotatable bonds is 6. The molecule has 0 spiro atoms. The van der Waals surface area contributed by atoms with Crippen LogP contribution >= 0.6 is 0 Å². The second kappa shape index (κ2) is 8.17. The average Bonchev–Trinajstić information content (AvgIpc) is 2.61. The second-order valence-electron chi connectivity index (χ2n) is 4.96. The summed E-state index contributed by atoms with van der Waals surface area (Å²) in [4.78, 5) is 28.3. The van der Waals surface area contributed by atoms with Gasteiger partial charge in [0.2, 0.25) is 5.91 Å². The summed E-state index contributed by atoms with van der Waals surface area (Å²) in [5.74, 6) is 4.57. The number of benzene rings is 1. The number of nitrogens with two attached hydrogens (primary N) is 1. The van der Waals surface area contributed by atoms with Crippen molar-refractivity contribution < 1.29 is 14.3 Å². The zero-order valence-electron chi connectivity index (χ0n) is 12.9. The highest BCUT2D eigenvalue weighted by Gasteiger charge is 2.19. The number of carbonyl (C=O) groups is 2. The molecule has 0 atom stereocenters. The van der Waals surface area contributed by atoms with Gasteiger partial charge in [-0.25, -0.2) is 10.9 Å². The summed E-state index contributed by atoms with van der Waals surface area (Å²) in [5, 5.41) is 0.634. The molecule has 120 valence electrons. The summed E-state index contributed by atoms with van der Waals surface area (Å²) in [6.07, 6.45) is 2.10. The number of methoxy groups -OCH3 is 1. The van der Waals surface area contributed by atoms with E-state index >= 15 is 0 Å². The van der Waals surface area contributed by atoms with Crippen molar-refractivity contribution in [3.63, 3.8) is 0 Å².